The van der Waals surface area contributed by atoms with Crippen molar-refractivity contribution in [1.29, 1.82) is 0 Å². The molecule has 0 bridgehead atoms. The molecule has 10 heteroatoms. The highest BCUT2D eigenvalue weighted by Crippen LogP contribution is 2.41. The predicted octanol–water partition coefficient (Wildman–Crippen LogP) is 7.28. The Kier molecular flexibility index (Phi) is 12.1. The van der Waals surface area contributed by atoms with Crippen LogP contribution in [0, 0.1) is 21.4 Å². The lowest BCUT2D eigenvalue weighted by Crippen LogP contribution is -2.37. The summed E-state index contributed by atoms with van der Waals surface area (Å²) in [6, 6.07) is 18.3. The van der Waals surface area contributed by atoms with Crippen LogP contribution in [-0.2, 0) is 30.2 Å². The van der Waals surface area contributed by atoms with Crippen LogP contribution in [0.3, 0.4) is 0 Å². The van der Waals surface area contributed by atoms with Crippen molar-refractivity contribution in [2.75, 3.05) is 26.4 Å². The van der Waals surface area contributed by atoms with Crippen molar-refractivity contribution in [2.24, 2.45) is 16.3 Å². The molecule has 1 aliphatic heterocycles. The molecule has 2 unspecified atom stereocenters. The van der Waals surface area contributed by atoms with E-state index in [0.29, 0.717) is 30.2 Å². The van der Waals surface area contributed by atoms with Crippen molar-refractivity contribution in [1.82, 2.24) is 4.98 Å². The highest BCUT2D eigenvalue weighted by molar-refractivity contribution is 6.07. The van der Waals surface area contributed by atoms with Crippen LogP contribution in [0.25, 0.3) is 6.08 Å². The van der Waals surface area contributed by atoms with Crippen molar-refractivity contribution >= 4 is 29.4 Å². The Morgan fingerprint density at radius 1 is 1.00 bits per heavy atom. The van der Waals surface area contributed by atoms with E-state index in [4.69, 9.17) is 14.2 Å². The quantitative estimate of drug-likeness (QED) is 0.101. The molecule has 252 valence electrons. The second kappa shape index (κ2) is 16.2. The number of esters is 2. The Bertz CT molecular complexity index is 1710. The van der Waals surface area contributed by atoms with E-state index in [0.717, 1.165) is 23.1 Å². The lowest BCUT2D eigenvalue weighted by molar-refractivity contribution is -0.384. The Hall–Kier alpha value is -4.96. The number of rotatable bonds is 14. The second-order valence-electron chi connectivity index (χ2n) is 12.8. The molecule has 2 atom stereocenters. The molecule has 2 aromatic carbocycles. The van der Waals surface area contributed by atoms with E-state index in [1.807, 2.05) is 33.0 Å². The lowest BCUT2D eigenvalue weighted by Gasteiger charge is -2.32. The van der Waals surface area contributed by atoms with Gasteiger partial charge in [-0.3, -0.25) is 24.9 Å². The first-order valence-corrected chi connectivity index (χ1v) is 16.0. The largest absolute Gasteiger partial charge is 0.465 e. The molecule has 1 aromatic heterocycles. The summed E-state index contributed by atoms with van der Waals surface area (Å²) in [5.74, 6) is -3.02. The number of aliphatic imine (C=N–C) groups is 1. The molecule has 0 spiro atoms. The fraction of sp³-hybridized carbons (Fsp3) is 0.368. The maximum Gasteiger partial charge on any atom is 0.336 e. The maximum absolute atomic E-state index is 13.7. The Balaban J connectivity index is 1.40. The summed E-state index contributed by atoms with van der Waals surface area (Å²) in [6.07, 6.45) is 6.55. The number of benzene rings is 2. The molecule has 0 aliphatic carbocycles. The molecule has 0 radical (unpaired) electrons. The fourth-order valence-electron chi connectivity index (χ4n) is 5.70. The van der Waals surface area contributed by atoms with Gasteiger partial charge in [0.2, 0.25) is 0 Å². The molecular formula is C38H43N3O7. The van der Waals surface area contributed by atoms with Gasteiger partial charge in [0.25, 0.3) is 5.69 Å². The topological polar surface area (TPSA) is 130 Å². The number of allylic oxidation sites excluding steroid dienone is 1. The molecule has 0 saturated carbocycles. The van der Waals surface area contributed by atoms with Crippen LogP contribution in [0.15, 0.2) is 94.9 Å². The Morgan fingerprint density at radius 2 is 1.75 bits per heavy atom. The molecule has 2 heterocycles. The predicted molar refractivity (Wildman–Crippen MR) is 184 cm³/mol. The van der Waals surface area contributed by atoms with Gasteiger partial charge < -0.3 is 14.2 Å². The molecule has 48 heavy (non-hydrogen) atoms. The van der Waals surface area contributed by atoms with Crippen molar-refractivity contribution < 1.29 is 28.7 Å². The number of carbonyl (C=O) groups is 2. The Labute approximate surface area is 281 Å². The number of hydrogen-bond donors (Lipinski definition) is 0. The van der Waals surface area contributed by atoms with E-state index in [9.17, 15) is 19.7 Å². The molecule has 0 fully saturated rings. The molecule has 3 aromatic rings. The van der Waals surface area contributed by atoms with Crippen LogP contribution in [0.4, 0.5) is 5.69 Å². The van der Waals surface area contributed by atoms with Crippen molar-refractivity contribution in [3.8, 4) is 0 Å². The molecule has 0 amide bonds. The smallest absolute Gasteiger partial charge is 0.336 e. The van der Waals surface area contributed by atoms with Gasteiger partial charge in [-0.2, -0.15) is 0 Å². The second-order valence-corrected chi connectivity index (χ2v) is 12.8. The minimum absolute atomic E-state index is 0.0399. The van der Waals surface area contributed by atoms with Crippen LogP contribution in [0.2, 0.25) is 0 Å². The average molecular weight is 654 g/mol. The summed E-state index contributed by atoms with van der Waals surface area (Å²) in [7, 11) is 0. The summed E-state index contributed by atoms with van der Waals surface area (Å²) >= 11 is 0. The van der Waals surface area contributed by atoms with Gasteiger partial charge in [-0.15, -0.1) is 0 Å². The van der Waals surface area contributed by atoms with Gasteiger partial charge in [-0.25, -0.2) is 4.79 Å². The number of ether oxygens (including phenoxy) is 3. The number of aromatic nitrogens is 1. The SMILES string of the molecule is CCOC(=O)C1C(C)=NC(C)=C(C(=O)OCC(C)(C)COCC(C)=Cc2ccc(Cc3cccnc3)cc2)C1c1cccc([N+](=O)[O-])c1. The first-order chi connectivity index (χ1) is 22.9. The third kappa shape index (κ3) is 9.54. The molecule has 1 aliphatic rings. The Morgan fingerprint density at radius 3 is 2.42 bits per heavy atom. The molecule has 4 rings (SSSR count). The highest BCUT2D eigenvalue weighted by atomic mass is 16.6. The zero-order chi connectivity index (χ0) is 34.8. The fourth-order valence-corrected chi connectivity index (χ4v) is 5.70. The van der Waals surface area contributed by atoms with E-state index in [1.54, 1.807) is 33.0 Å². The highest BCUT2D eigenvalue weighted by Gasteiger charge is 2.43. The number of carbonyl (C=O) groups excluding carboxylic acids is 2. The van der Waals surface area contributed by atoms with Gasteiger partial charge in [0, 0.05) is 47.3 Å². The van der Waals surface area contributed by atoms with Crippen LogP contribution in [0.5, 0.6) is 0 Å². The standard InChI is InChI=1S/C38H43N3O7/c1-7-47-36(42)33-26(3)40-27(4)34(35(33)31-11-8-12-32(20-31)41(44)45)37(43)48-24-38(5,6)23-46-22-25(2)18-28-13-15-29(16-14-28)19-30-10-9-17-39-21-30/h8-18,20-21,33,35H,7,19,22-24H2,1-6H3. The van der Waals surface area contributed by atoms with Crippen LogP contribution in [-0.4, -0.2) is 54.0 Å². The normalized spacial score (nSPS) is 16.7. The van der Waals surface area contributed by atoms with Crippen molar-refractivity contribution in [2.45, 2.75) is 53.9 Å². The third-order valence-electron chi connectivity index (χ3n) is 7.97. The minimum Gasteiger partial charge on any atom is -0.465 e. The van der Waals surface area contributed by atoms with Gasteiger partial charge in [-0.05, 0) is 68.0 Å². The van der Waals surface area contributed by atoms with E-state index >= 15 is 0 Å². The summed E-state index contributed by atoms with van der Waals surface area (Å²) in [5.41, 5.74) is 5.24. The number of pyridine rings is 1. The zero-order valence-corrected chi connectivity index (χ0v) is 28.4. The number of nitro benzene ring substituents is 1. The van der Waals surface area contributed by atoms with Gasteiger partial charge in [0.1, 0.15) is 5.92 Å². The van der Waals surface area contributed by atoms with Crippen molar-refractivity contribution in [3.63, 3.8) is 0 Å². The number of hydrogen-bond acceptors (Lipinski definition) is 9. The third-order valence-corrected chi connectivity index (χ3v) is 7.97. The van der Waals surface area contributed by atoms with Gasteiger partial charge in [0.05, 0.1) is 36.9 Å². The lowest BCUT2D eigenvalue weighted by atomic mass is 9.75. The van der Waals surface area contributed by atoms with Crippen LogP contribution < -0.4 is 0 Å². The van der Waals surface area contributed by atoms with E-state index < -0.39 is 34.1 Å². The number of non-ortho nitro benzene ring substituents is 1. The average Bonchev–Trinajstić information content (AvgIpc) is 3.05. The monoisotopic (exact) mass is 653 g/mol. The summed E-state index contributed by atoms with van der Waals surface area (Å²) in [5, 5.41) is 11.6. The summed E-state index contributed by atoms with van der Waals surface area (Å²) in [4.78, 5) is 46.6. The first kappa shape index (κ1) is 35.9. The summed E-state index contributed by atoms with van der Waals surface area (Å²) < 4.78 is 17.2. The number of nitrogens with zero attached hydrogens (tertiary/aromatic N) is 3. The number of nitro groups is 1. The molecular weight excluding hydrogens is 610 g/mol. The van der Waals surface area contributed by atoms with E-state index in [1.165, 1.54) is 23.8 Å². The maximum atomic E-state index is 13.7. The van der Waals surface area contributed by atoms with Crippen LogP contribution in [0.1, 0.15) is 69.7 Å². The molecule has 0 saturated heterocycles. The molecule has 10 nitrogen and oxygen atoms in total. The van der Waals surface area contributed by atoms with E-state index in [2.05, 4.69) is 46.4 Å². The van der Waals surface area contributed by atoms with Gasteiger partial charge >= 0.3 is 11.9 Å². The van der Waals surface area contributed by atoms with E-state index in [-0.39, 0.29) is 24.5 Å². The van der Waals surface area contributed by atoms with Gasteiger partial charge in [-0.1, -0.05) is 62.4 Å². The van der Waals surface area contributed by atoms with Gasteiger partial charge in [0.15, 0.2) is 0 Å². The summed E-state index contributed by atoms with van der Waals surface area (Å²) in [6.45, 7) is 11.8. The first-order valence-electron chi connectivity index (χ1n) is 16.0. The molecule has 0 N–H and O–H groups in total. The van der Waals surface area contributed by atoms with Crippen molar-refractivity contribution in [3.05, 3.63) is 122 Å². The van der Waals surface area contributed by atoms with Crippen LogP contribution >= 0.6 is 0 Å². The zero-order valence-electron chi connectivity index (χ0n) is 28.4. The minimum atomic E-state index is -0.943.